The third-order valence-electron chi connectivity index (χ3n) is 12.7. The topological polar surface area (TPSA) is 78.1 Å². The van der Waals surface area contributed by atoms with Gasteiger partial charge in [-0.05, 0) is 106 Å². The second-order valence-electron chi connectivity index (χ2n) is 16.9. The average Bonchev–Trinajstić information content (AvgIpc) is 3.87. The van der Waals surface area contributed by atoms with E-state index in [1.807, 2.05) is 97.1 Å². The van der Waals surface area contributed by atoms with Crippen LogP contribution in [0.1, 0.15) is 81.0 Å². The van der Waals surface area contributed by atoms with Crippen LogP contribution in [-0.2, 0) is 13.1 Å². The lowest BCUT2D eigenvalue weighted by Crippen LogP contribution is -1.97. The lowest BCUT2D eigenvalue weighted by atomic mass is 9.99. The van der Waals surface area contributed by atoms with Crippen molar-refractivity contribution in [3.05, 3.63) is 192 Å². The zero-order valence-corrected chi connectivity index (χ0v) is 37.2. The number of aryl methyl sites for hydroxylation is 2. The maximum absolute atomic E-state index is 11.0. The number of fused-ring (bicyclic) bond motifs is 6. The van der Waals surface area contributed by atoms with Crippen LogP contribution in [0.25, 0.3) is 88.1 Å². The monoisotopic (exact) mass is 862 g/mol. The normalized spacial score (nSPS) is 11.2. The van der Waals surface area contributed by atoms with Crippen LogP contribution in [0.3, 0.4) is 0 Å². The van der Waals surface area contributed by atoms with Crippen molar-refractivity contribution in [1.82, 2.24) is 9.13 Å². The van der Waals surface area contributed by atoms with E-state index in [1.54, 1.807) is 0 Å². The van der Waals surface area contributed by atoms with Crippen molar-refractivity contribution >= 4 is 68.8 Å². The SMILES string of the molecule is CCCCn1c2ccc(-c3ccc(C=O)cc3)cc2c2cc(-c3ccc(C=O)cc3)ccc21.CCCCn1c2ccc(-c3ccc(C=O)cc3)cc2c2cc(-c3ccc(C=O)cc3)ccc21. The first-order valence-corrected chi connectivity index (χ1v) is 22.8. The Morgan fingerprint density at radius 1 is 0.303 bits per heavy atom. The van der Waals surface area contributed by atoms with Gasteiger partial charge < -0.3 is 9.13 Å². The van der Waals surface area contributed by atoms with Gasteiger partial charge in [-0.25, -0.2) is 0 Å². The van der Waals surface area contributed by atoms with Crippen LogP contribution in [-0.4, -0.2) is 34.3 Å². The van der Waals surface area contributed by atoms with Crippen LogP contribution in [0.4, 0.5) is 0 Å². The largest absolute Gasteiger partial charge is 0.340 e. The molecule has 0 radical (unpaired) electrons. The number of hydrogen-bond acceptors (Lipinski definition) is 4. The Bertz CT molecular complexity index is 2930. The van der Waals surface area contributed by atoms with E-state index in [9.17, 15) is 19.2 Å². The number of rotatable bonds is 14. The minimum absolute atomic E-state index is 0.682. The molecular formula is C60H50N2O4. The molecule has 10 rings (SSSR count). The molecule has 0 bridgehead atoms. The van der Waals surface area contributed by atoms with E-state index in [0.717, 1.165) is 108 Å². The molecule has 8 aromatic carbocycles. The van der Waals surface area contributed by atoms with Gasteiger partial charge in [-0.15, -0.1) is 0 Å². The Balaban J connectivity index is 0.000000166. The molecule has 0 aliphatic carbocycles. The lowest BCUT2D eigenvalue weighted by Gasteiger charge is -2.08. The van der Waals surface area contributed by atoms with Gasteiger partial charge in [0.25, 0.3) is 0 Å². The molecule has 0 saturated heterocycles. The van der Waals surface area contributed by atoms with Gasteiger partial charge in [0.1, 0.15) is 25.1 Å². The Morgan fingerprint density at radius 2 is 0.515 bits per heavy atom. The maximum atomic E-state index is 11.0. The number of carbonyl (C=O) groups excluding carboxylic acids is 4. The van der Waals surface area contributed by atoms with E-state index in [4.69, 9.17) is 0 Å². The van der Waals surface area contributed by atoms with Crippen LogP contribution in [0, 0.1) is 0 Å². The Hall–Kier alpha value is -7.96. The van der Waals surface area contributed by atoms with Crippen LogP contribution in [0.15, 0.2) is 170 Å². The van der Waals surface area contributed by atoms with Crippen molar-refractivity contribution in [2.24, 2.45) is 0 Å². The summed E-state index contributed by atoms with van der Waals surface area (Å²) in [5.74, 6) is 0. The molecule has 0 saturated carbocycles. The highest BCUT2D eigenvalue weighted by molar-refractivity contribution is 6.12. The minimum atomic E-state index is 0.682. The average molecular weight is 863 g/mol. The van der Waals surface area contributed by atoms with Gasteiger partial charge in [-0.3, -0.25) is 19.2 Å². The van der Waals surface area contributed by atoms with Crippen molar-refractivity contribution in [1.29, 1.82) is 0 Å². The number of unbranched alkanes of at least 4 members (excludes halogenated alkanes) is 2. The predicted molar refractivity (Wildman–Crippen MR) is 272 cm³/mol. The molecule has 0 atom stereocenters. The van der Waals surface area contributed by atoms with Crippen molar-refractivity contribution < 1.29 is 19.2 Å². The molecule has 6 heteroatoms. The molecule has 2 aromatic heterocycles. The summed E-state index contributed by atoms with van der Waals surface area (Å²) in [4.78, 5) is 44.1. The van der Waals surface area contributed by atoms with Gasteiger partial charge in [0.05, 0.1) is 0 Å². The van der Waals surface area contributed by atoms with Crippen LogP contribution in [0.5, 0.6) is 0 Å². The minimum Gasteiger partial charge on any atom is -0.340 e. The number of nitrogens with zero attached hydrogens (tertiary/aromatic N) is 2. The first kappa shape index (κ1) is 43.3. The molecule has 0 aliphatic heterocycles. The van der Waals surface area contributed by atoms with E-state index in [0.29, 0.717) is 22.3 Å². The van der Waals surface area contributed by atoms with Crippen molar-refractivity contribution in [3.63, 3.8) is 0 Å². The molecule has 0 aliphatic rings. The molecule has 2 heterocycles. The first-order valence-electron chi connectivity index (χ1n) is 22.8. The van der Waals surface area contributed by atoms with Gasteiger partial charge in [-0.2, -0.15) is 0 Å². The summed E-state index contributed by atoms with van der Waals surface area (Å²) in [7, 11) is 0. The number of aldehydes is 4. The Morgan fingerprint density at radius 3 is 0.712 bits per heavy atom. The quantitative estimate of drug-likeness (QED) is 0.102. The van der Waals surface area contributed by atoms with Crippen LogP contribution in [0.2, 0.25) is 0 Å². The number of hydrogen-bond donors (Lipinski definition) is 0. The molecule has 6 nitrogen and oxygen atoms in total. The van der Waals surface area contributed by atoms with E-state index in [-0.39, 0.29) is 0 Å². The third-order valence-corrected chi connectivity index (χ3v) is 12.7. The molecule has 0 N–H and O–H groups in total. The second-order valence-corrected chi connectivity index (χ2v) is 16.9. The summed E-state index contributed by atoms with van der Waals surface area (Å²) in [6.45, 7) is 6.40. The molecule has 66 heavy (non-hydrogen) atoms. The van der Waals surface area contributed by atoms with E-state index < -0.39 is 0 Å². The molecule has 0 amide bonds. The number of aromatic nitrogens is 2. The van der Waals surface area contributed by atoms with Crippen LogP contribution < -0.4 is 0 Å². The molecule has 0 fully saturated rings. The van der Waals surface area contributed by atoms with E-state index >= 15 is 0 Å². The van der Waals surface area contributed by atoms with Crippen LogP contribution >= 0.6 is 0 Å². The van der Waals surface area contributed by atoms with E-state index in [2.05, 4.69) is 95.8 Å². The zero-order valence-electron chi connectivity index (χ0n) is 37.2. The highest BCUT2D eigenvalue weighted by Crippen LogP contribution is 2.38. The molecule has 324 valence electrons. The summed E-state index contributed by atoms with van der Waals surface area (Å²) in [5.41, 5.74) is 16.6. The Kier molecular flexibility index (Phi) is 12.7. The molecule has 10 aromatic rings. The van der Waals surface area contributed by atoms with Crippen molar-refractivity contribution in [2.45, 2.75) is 52.6 Å². The maximum Gasteiger partial charge on any atom is 0.150 e. The van der Waals surface area contributed by atoms with Crippen molar-refractivity contribution in [3.8, 4) is 44.5 Å². The number of carbonyl (C=O) groups is 4. The summed E-state index contributed by atoms with van der Waals surface area (Å²) in [5, 5.41) is 4.91. The van der Waals surface area contributed by atoms with Gasteiger partial charge in [-0.1, -0.05) is 148 Å². The van der Waals surface area contributed by atoms with Gasteiger partial charge >= 0.3 is 0 Å². The third kappa shape index (κ3) is 8.66. The van der Waals surface area contributed by atoms with Gasteiger partial charge in [0.2, 0.25) is 0 Å². The number of benzene rings is 8. The zero-order chi connectivity index (χ0) is 45.6. The highest BCUT2D eigenvalue weighted by Gasteiger charge is 2.15. The predicted octanol–water partition coefficient (Wildman–Crippen LogP) is 15.1. The van der Waals surface area contributed by atoms with Gasteiger partial charge in [0, 0.05) is 79.0 Å². The summed E-state index contributed by atoms with van der Waals surface area (Å²) >= 11 is 0. The summed E-state index contributed by atoms with van der Waals surface area (Å²) in [6.07, 6.45) is 8.03. The standard InChI is InChI=1S/2C30H25NO2/c2*1-2-3-16-31-29-14-12-25(23-8-4-21(19-32)5-9-23)17-27(29)28-18-26(13-15-30(28)31)24-10-6-22(20-33)7-11-24/h2*4-15,17-20H,2-3,16H2,1H3. The van der Waals surface area contributed by atoms with Gasteiger partial charge in [0.15, 0.2) is 0 Å². The first-order chi connectivity index (χ1) is 32.4. The molecular weight excluding hydrogens is 813 g/mol. The fourth-order valence-corrected chi connectivity index (χ4v) is 9.06. The summed E-state index contributed by atoms with van der Waals surface area (Å²) in [6, 6.07) is 57.4. The fourth-order valence-electron chi connectivity index (χ4n) is 9.06. The van der Waals surface area contributed by atoms with E-state index in [1.165, 1.54) is 43.6 Å². The summed E-state index contributed by atoms with van der Waals surface area (Å²) < 4.78 is 4.85. The fraction of sp³-hybridized carbons (Fsp3) is 0.133. The Labute approximate surface area is 384 Å². The highest BCUT2D eigenvalue weighted by atomic mass is 16.1. The molecule has 0 spiro atoms. The second kappa shape index (κ2) is 19.4. The lowest BCUT2D eigenvalue weighted by molar-refractivity contribution is 0.111. The van der Waals surface area contributed by atoms with Crippen molar-refractivity contribution in [2.75, 3.05) is 0 Å². The smallest absolute Gasteiger partial charge is 0.150 e. The molecule has 0 unspecified atom stereocenters.